The van der Waals surface area contributed by atoms with E-state index in [9.17, 15) is 4.39 Å². The first-order chi connectivity index (χ1) is 8.61. The summed E-state index contributed by atoms with van der Waals surface area (Å²) in [6.45, 7) is 1.99. The summed E-state index contributed by atoms with van der Waals surface area (Å²) >= 11 is 6.04. The Morgan fingerprint density at radius 3 is 2.94 bits per heavy atom. The number of hydrogen-bond acceptors (Lipinski definition) is 2. The molecule has 4 heteroatoms. The zero-order valence-electron chi connectivity index (χ0n) is 10.3. The fourth-order valence-corrected chi connectivity index (χ4v) is 2.91. The topological polar surface area (TPSA) is 35.8 Å². The first-order valence-corrected chi connectivity index (χ1v) is 6.60. The molecule has 3 atom stereocenters. The second kappa shape index (κ2) is 5.69. The molecule has 1 aliphatic carbocycles. The van der Waals surface area contributed by atoms with Gasteiger partial charge in [-0.3, -0.25) is 0 Å². The van der Waals surface area contributed by atoms with E-state index in [0.29, 0.717) is 5.02 Å². The number of halogens is 2. The van der Waals surface area contributed by atoms with Crippen molar-refractivity contribution in [3.63, 3.8) is 0 Å². The van der Waals surface area contributed by atoms with Gasteiger partial charge < -0.3 is 5.32 Å². The summed E-state index contributed by atoms with van der Waals surface area (Å²) in [5.41, 5.74) is 0.877. The van der Waals surface area contributed by atoms with Crippen molar-refractivity contribution < 1.29 is 4.39 Å². The quantitative estimate of drug-likeness (QED) is 0.903. The normalized spacial score (nSPS) is 24.8. The third-order valence-electron chi connectivity index (χ3n) is 3.57. The molecule has 0 bridgehead atoms. The molecule has 1 N–H and O–H groups in total. The standard InChI is InChI=1S/C14H16ClFN2/c1-9(12-6-5-11(16)7-13(12)15)18-14-4-2-3-10(14)8-17/h5-7,9-10,14,18H,2-4H2,1H3. The van der Waals surface area contributed by atoms with Crippen LogP contribution in [0.5, 0.6) is 0 Å². The molecule has 2 rings (SSSR count). The highest BCUT2D eigenvalue weighted by molar-refractivity contribution is 6.31. The second-order valence-electron chi connectivity index (χ2n) is 4.83. The predicted octanol–water partition coefficient (Wildman–Crippen LogP) is 3.82. The molecule has 1 fully saturated rings. The van der Waals surface area contributed by atoms with Crippen molar-refractivity contribution in [1.29, 1.82) is 5.26 Å². The van der Waals surface area contributed by atoms with E-state index < -0.39 is 0 Å². The highest BCUT2D eigenvalue weighted by atomic mass is 35.5. The van der Waals surface area contributed by atoms with Gasteiger partial charge in [0.25, 0.3) is 0 Å². The van der Waals surface area contributed by atoms with Gasteiger partial charge in [-0.05, 0) is 37.5 Å². The van der Waals surface area contributed by atoms with Crippen LogP contribution in [-0.2, 0) is 0 Å². The van der Waals surface area contributed by atoms with Gasteiger partial charge in [0, 0.05) is 17.1 Å². The lowest BCUT2D eigenvalue weighted by Crippen LogP contribution is -2.34. The maximum Gasteiger partial charge on any atom is 0.124 e. The van der Waals surface area contributed by atoms with Crippen molar-refractivity contribution in [2.45, 2.75) is 38.3 Å². The molecule has 0 aliphatic heterocycles. The molecule has 96 valence electrons. The van der Waals surface area contributed by atoms with Gasteiger partial charge in [-0.25, -0.2) is 4.39 Å². The second-order valence-corrected chi connectivity index (χ2v) is 5.23. The minimum Gasteiger partial charge on any atom is -0.306 e. The van der Waals surface area contributed by atoms with Crippen LogP contribution in [0.3, 0.4) is 0 Å². The number of nitrogens with zero attached hydrogens (tertiary/aromatic N) is 1. The van der Waals surface area contributed by atoms with E-state index in [1.54, 1.807) is 6.07 Å². The molecule has 0 aromatic heterocycles. The minimum absolute atomic E-state index is 0.0250. The van der Waals surface area contributed by atoms with E-state index in [4.69, 9.17) is 16.9 Å². The summed E-state index contributed by atoms with van der Waals surface area (Å²) in [4.78, 5) is 0. The monoisotopic (exact) mass is 266 g/mol. The fraction of sp³-hybridized carbons (Fsp3) is 0.500. The Labute approximate surface area is 112 Å². The van der Waals surface area contributed by atoms with Crippen LogP contribution < -0.4 is 5.32 Å². The molecule has 0 saturated heterocycles. The maximum absolute atomic E-state index is 13.0. The van der Waals surface area contributed by atoms with E-state index in [2.05, 4.69) is 11.4 Å². The highest BCUT2D eigenvalue weighted by Crippen LogP contribution is 2.29. The zero-order valence-corrected chi connectivity index (χ0v) is 11.0. The van der Waals surface area contributed by atoms with Gasteiger partial charge in [0.05, 0.1) is 12.0 Å². The molecule has 0 radical (unpaired) electrons. The van der Waals surface area contributed by atoms with Gasteiger partial charge in [0.2, 0.25) is 0 Å². The Hall–Kier alpha value is -1.11. The van der Waals surface area contributed by atoms with Gasteiger partial charge in [0.15, 0.2) is 0 Å². The van der Waals surface area contributed by atoms with Gasteiger partial charge in [-0.1, -0.05) is 24.1 Å². The maximum atomic E-state index is 13.0. The van der Waals surface area contributed by atoms with Crippen LogP contribution in [0.4, 0.5) is 4.39 Å². The number of nitriles is 1. The van der Waals surface area contributed by atoms with E-state index in [0.717, 1.165) is 24.8 Å². The van der Waals surface area contributed by atoms with Crippen LogP contribution in [0.2, 0.25) is 5.02 Å². The molecule has 2 nitrogen and oxygen atoms in total. The number of nitrogens with one attached hydrogen (secondary N) is 1. The molecule has 18 heavy (non-hydrogen) atoms. The first kappa shape index (κ1) is 13.3. The summed E-state index contributed by atoms with van der Waals surface area (Å²) < 4.78 is 13.0. The molecule has 1 aromatic rings. The highest BCUT2D eigenvalue weighted by Gasteiger charge is 2.28. The molecule has 0 spiro atoms. The smallest absolute Gasteiger partial charge is 0.124 e. The van der Waals surface area contributed by atoms with Crippen molar-refractivity contribution >= 4 is 11.6 Å². The van der Waals surface area contributed by atoms with Crippen molar-refractivity contribution in [2.24, 2.45) is 5.92 Å². The predicted molar refractivity (Wildman–Crippen MR) is 69.7 cm³/mol. The van der Waals surface area contributed by atoms with Crippen LogP contribution in [0, 0.1) is 23.1 Å². The van der Waals surface area contributed by atoms with Gasteiger partial charge in [-0.15, -0.1) is 0 Å². The SMILES string of the molecule is CC(NC1CCCC1C#N)c1ccc(F)cc1Cl. The number of rotatable bonds is 3. The summed E-state index contributed by atoms with van der Waals surface area (Å²) in [5, 5.41) is 12.9. The first-order valence-electron chi connectivity index (χ1n) is 6.22. The molecule has 1 saturated carbocycles. The Kier molecular flexibility index (Phi) is 4.21. The molecule has 1 aromatic carbocycles. The zero-order chi connectivity index (χ0) is 13.1. The van der Waals surface area contributed by atoms with E-state index in [-0.39, 0.29) is 23.8 Å². The lowest BCUT2D eigenvalue weighted by molar-refractivity contribution is 0.417. The Morgan fingerprint density at radius 2 is 2.28 bits per heavy atom. The van der Waals surface area contributed by atoms with Crippen LogP contribution in [0.1, 0.15) is 37.8 Å². The molecular weight excluding hydrogens is 251 g/mol. The number of hydrogen-bond donors (Lipinski definition) is 1. The Morgan fingerprint density at radius 1 is 1.50 bits per heavy atom. The summed E-state index contributed by atoms with van der Waals surface area (Å²) in [6.07, 6.45) is 3.05. The van der Waals surface area contributed by atoms with Crippen LogP contribution in [0.25, 0.3) is 0 Å². The van der Waals surface area contributed by atoms with Crippen molar-refractivity contribution in [3.8, 4) is 6.07 Å². The van der Waals surface area contributed by atoms with Crippen LogP contribution in [-0.4, -0.2) is 6.04 Å². The minimum atomic E-state index is -0.327. The average molecular weight is 267 g/mol. The molecule has 0 heterocycles. The largest absolute Gasteiger partial charge is 0.306 e. The van der Waals surface area contributed by atoms with E-state index >= 15 is 0 Å². The fourth-order valence-electron chi connectivity index (χ4n) is 2.58. The van der Waals surface area contributed by atoms with Crippen molar-refractivity contribution in [1.82, 2.24) is 5.32 Å². The van der Waals surface area contributed by atoms with E-state index in [1.165, 1.54) is 12.1 Å². The van der Waals surface area contributed by atoms with Crippen molar-refractivity contribution in [3.05, 3.63) is 34.6 Å². The summed E-state index contributed by atoms with van der Waals surface area (Å²) in [5.74, 6) is -0.251. The van der Waals surface area contributed by atoms with Gasteiger partial charge in [0.1, 0.15) is 5.82 Å². The van der Waals surface area contributed by atoms with Gasteiger partial charge in [-0.2, -0.15) is 5.26 Å². The van der Waals surface area contributed by atoms with Crippen molar-refractivity contribution in [2.75, 3.05) is 0 Å². The molecule has 0 amide bonds. The summed E-state index contributed by atoms with van der Waals surface area (Å²) in [6, 6.07) is 7.02. The molecular formula is C14H16ClFN2. The van der Waals surface area contributed by atoms with Crippen LogP contribution >= 0.6 is 11.6 Å². The lowest BCUT2D eigenvalue weighted by atomic mass is 10.0. The Balaban J connectivity index is 2.08. The van der Waals surface area contributed by atoms with E-state index in [1.807, 2.05) is 6.92 Å². The Bertz CT molecular complexity index is 469. The molecule has 3 unspecified atom stereocenters. The third kappa shape index (κ3) is 2.82. The van der Waals surface area contributed by atoms with Gasteiger partial charge >= 0.3 is 0 Å². The van der Waals surface area contributed by atoms with Crippen LogP contribution in [0.15, 0.2) is 18.2 Å². The number of benzene rings is 1. The summed E-state index contributed by atoms with van der Waals surface area (Å²) in [7, 11) is 0. The average Bonchev–Trinajstić information content (AvgIpc) is 2.76. The molecule has 1 aliphatic rings. The third-order valence-corrected chi connectivity index (χ3v) is 3.90. The lowest BCUT2D eigenvalue weighted by Gasteiger charge is -2.22.